The summed E-state index contributed by atoms with van der Waals surface area (Å²) in [5.74, 6) is -1.47. The van der Waals surface area contributed by atoms with Crippen LogP contribution in [0.1, 0.15) is 28.9 Å². The van der Waals surface area contributed by atoms with Gasteiger partial charge in [0.25, 0.3) is 0 Å². The quantitative estimate of drug-likeness (QED) is 0.444. The molecular formula is C21H19Cl2N3O5. The molecule has 1 aliphatic heterocycles. The van der Waals surface area contributed by atoms with Crippen molar-refractivity contribution in [3.8, 4) is 0 Å². The first-order valence-corrected chi connectivity index (χ1v) is 10.0. The van der Waals surface area contributed by atoms with Gasteiger partial charge in [-0.1, -0.05) is 53.5 Å². The van der Waals surface area contributed by atoms with Crippen molar-refractivity contribution in [2.75, 3.05) is 18.9 Å². The van der Waals surface area contributed by atoms with E-state index in [0.29, 0.717) is 5.56 Å². The number of amides is 2. The highest BCUT2D eigenvalue weighted by Gasteiger charge is 2.34. The fraction of sp³-hybridized carbons (Fsp3) is 0.190. The molecule has 2 aromatic carbocycles. The van der Waals surface area contributed by atoms with Gasteiger partial charge < -0.3 is 25.8 Å². The monoisotopic (exact) mass is 463 g/mol. The molecule has 31 heavy (non-hydrogen) atoms. The zero-order valence-electron chi connectivity index (χ0n) is 16.4. The van der Waals surface area contributed by atoms with Gasteiger partial charge in [0.2, 0.25) is 0 Å². The van der Waals surface area contributed by atoms with Crippen LogP contribution in [0.25, 0.3) is 0 Å². The van der Waals surface area contributed by atoms with E-state index in [1.54, 1.807) is 31.2 Å². The summed E-state index contributed by atoms with van der Waals surface area (Å²) >= 11 is 11.9. The lowest BCUT2D eigenvalue weighted by molar-refractivity contribution is -0.139. The summed E-state index contributed by atoms with van der Waals surface area (Å²) in [6, 6.07) is 10.3. The first kappa shape index (κ1) is 22.5. The molecule has 1 unspecified atom stereocenters. The second kappa shape index (κ2) is 9.72. The molecule has 1 aliphatic rings. The van der Waals surface area contributed by atoms with Gasteiger partial charge in [0, 0.05) is 5.02 Å². The number of nitrogens with two attached hydrogens (primary N) is 1. The maximum absolute atomic E-state index is 12.7. The van der Waals surface area contributed by atoms with Gasteiger partial charge in [0.15, 0.2) is 0 Å². The highest BCUT2D eigenvalue weighted by molar-refractivity contribution is 6.37. The topological polar surface area (TPSA) is 120 Å². The number of ether oxygens (including phenoxy) is 2. The Hall–Kier alpha value is -3.23. The predicted molar refractivity (Wildman–Crippen MR) is 116 cm³/mol. The number of anilines is 1. The first-order chi connectivity index (χ1) is 14.8. The molecule has 1 heterocycles. The Morgan fingerprint density at radius 3 is 2.48 bits per heavy atom. The van der Waals surface area contributed by atoms with Gasteiger partial charge in [-0.15, -0.1) is 0 Å². The first-order valence-electron chi connectivity index (χ1n) is 9.26. The van der Waals surface area contributed by atoms with Crippen LogP contribution in [0.5, 0.6) is 0 Å². The van der Waals surface area contributed by atoms with Crippen molar-refractivity contribution < 1.29 is 23.9 Å². The van der Waals surface area contributed by atoms with E-state index in [1.165, 1.54) is 12.1 Å². The molecule has 3 rings (SSSR count). The Labute approximate surface area is 188 Å². The summed E-state index contributed by atoms with van der Waals surface area (Å²) in [7, 11) is 0. The maximum atomic E-state index is 12.7. The van der Waals surface area contributed by atoms with E-state index in [4.69, 9.17) is 38.4 Å². The number of nitrogens with one attached hydrogen (secondary N) is 2. The molecule has 0 saturated carbocycles. The van der Waals surface area contributed by atoms with Crippen molar-refractivity contribution in [1.82, 2.24) is 10.6 Å². The van der Waals surface area contributed by atoms with Crippen molar-refractivity contribution in [2.45, 2.75) is 13.0 Å². The summed E-state index contributed by atoms with van der Waals surface area (Å²) in [6.45, 7) is 1.38. The summed E-state index contributed by atoms with van der Waals surface area (Å²) in [4.78, 5) is 37.5. The lowest BCUT2D eigenvalue weighted by atomic mass is 9.95. The third-order valence-electron chi connectivity index (χ3n) is 4.44. The average molecular weight is 464 g/mol. The van der Waals surface area contributed by atoms with E-state index in [9.17, 15) is 14.4 Å². The Bertz CT molecular complexity index is 1060. The van der Waals surface area contributed by atoms with Crippen LogP contribution in [0.3, 0.4) is 0 Å². The van der Waals surface area contributed by atoms with E-state index in [0.717, 1.165) is 0 Å². The molecule has 2 aromatic rings. The second-order valence-corrected chi connectivity index (χ2v) is 7.32. The van der Waals surface area contributed by atoms with E-state index in [-0.39, 0.29) is 39.2 Å². The minimum absolute atomic E-state index is 0.00664. The van der Waals surface area contributed by atoms with Crippen molar-refractivity contribution in [3.05, 3.63) is 74.9 Å². The molecule has 0 aliphatic carbocycles. The molecule has 0 spiro atoms. The Morgan fingerprint density at radius 1 is 1.10 bits per heavy atom. The van der Waals surface area contributed by atoms with Crippen molar-refractivity contribution in [1.29, 1.82) is 0 Å². The molecule has 0 aromatic heterocycles. The maximum Gasteiger partial charge on any atom is 0.340 e. The number of rotatable bonds is 6. The number of carbonyl (C=O) groups is 3. The zero-order chi connectivity index (χ0) is 22.5. The van der Waals surface area contributed by atoms with E-state index in [1.807, 2.05) is 6.07 Å². The molecule has 0 bridgehead atoms. The van der Waals surface area contributed by atoms with Crippen LogP contribution in [0.2, 0.25) is 10.0 Å². The van der Waals surface area contributed by atoms with Gasteiger partial charge in [-0.2, -0.15) is 0 Å². The number of carbonyl (C=O) groups excluding carboxylic acids is 3. The van der Waals surface area contributed by atoms with Crippen LogP contribution in [0.15, 0.2) is 53.7 Å². The van der Waals surface area contributed by atoms with Gasteiger partial charge in [-0.3, -0.25) is 0 Å². The smallest absolute Gasteiger partial charge is 0.340 e. The predicted octanol–water partition coefficient (Wildman–Crippen LogP) is 3.60. The van der Waals surface area contributed by atoms with Gasteiger partial charge >= 0.3 is 18.0 Å². The summed E-state index contributed by atoms with van der Waals surface area (Å²) < 4.78 is 10.5. The number of halogens is 2. The lowest BCUT2D eigenvalue weighted by Crippen LogP contribution is -2.47. The van der Waals surface area contributed by atoms with Crippen LogP contribution in [0, 0.1) is 0 Å². The molecule has 162 valence electrons. The number of nitrogen functional groups attached to an aromatic ring is 1. The molecule has 8 nitrogen and oxygen atoms in total. The summed E-state index contributed by atoms with van der Waals surface area (Å²) in [5.41, 5.74) is 6.69. The van der Waals surface area contributed by atoms with Crippen LogP contribution < -0.4 is 16.4 Å². The minimum Gasteiger partial charge on any atom is -0.463 e. The average Bonchev–Trinajstić information content (AvgIpc) is 2.74. The van der Waals surface area contributed by atoms with E-state index < -0.39 is 30.6 Å². The highest BCUT2D eigenvalue weighted by atomic mass is 35.5. The molecular weight excluding hydrogens is 445 g/mol. The summed E-state index contributed by atoms with van der Waals surface area (Å²) in [6.07, 6.45) is 0. The third-order valence-corrected chi connectivity index (χ3v) is 4.97. The lowest BCUT2D eigenvalue weighted by Gasteiger charge is -2.29. The van der Waals surface area contributed by atoms with Crippen molar-refractivity contribution >= 4 is 46.9 Å². The van der Waals surface area contributed by atoms with Crippen molar-refractivity contribution in [2.24, 2.45) is 0 Å². The minimum atomic E-state index is -0.818. The Balaban J connectivity index is 1.94. The number of hydrogen-bond donors (Lipinski definition) is 3. The van der Waals surface area contributed by atoms with Crippen LogP contribution in [-0.4, -0.2) is 31.2 Å². The molecule has 10 heteroatoms. The van der Waals surface area contributed by atoms with Crippen LogP contribution >= 0.6 is 23.2 Å². The number of hydrogen-bond acceptors (Lipinski definition) is 6. The number of benzene rings is 2. The molecule has 4 N–H and O–H groups in total. The van der Waals surface area contributed by atoms with Gasteiger partial charge in [-0.05, 0) is 24.6 Å². The fourth-order valence-electron chi connectivity index (χ4n) is 3.05. The molecule has 0 saturated heterocycles. The van der Waals surface area contributed by atoms with Crippen molar-refractivity contribution in [3.63, 3.8) is 0 Å². The van der Waals surface area contributed by atoms with Gasteiger partial charge in [0.1, 0.15) is 6.61 Å². The number of urea groups is 1. The van der Waals surface area contributed by atoms with Crippen LogP contribution in [0.4, 0.5) is 10.5 Å². The SMILES string of the molecule is CCOC(=O)C1=C(COC(=O)c2cc(Cl)cc(Cl)c2N)NC(=O)NC1c1ccccc1. The fourth-order valence-corrected chi connectivity index (χ4v) is 3.54. The molecule has 1 atom stereocenters. The Morgan fingerprint density at radius 2 is 1.81 bits per heavy atom. The zero-order valence-corrected chi connectivity index (χ0v) is 17.9. The second-order valence-electron chi connectivity index (χ2n) is 6.48. The van der Waals surface area contributed by atoms with E-state index >= 15 is 0 Å². The molecule has 2 amide bonds. The Kier molecular flexibility index (Phi) is 7.04. The molecule has 0 fully saturated rings. The van der Waals surface area contributed by atoms with Crippen LogP contribution in [-0.2, 0) is 14.3 Å². The van der Waals surface area contributed by atoms with E-state index in [2.05, 4.69) is 10.6 Å². The summed E-state index contributed by atoms with van der Waals surface area (Å²) in [5, 5.41) is 5.52. The molecule has 0 radical (unpaired) electrons. The normalized spacial score (nSPS) is 15.7. The number of esters is 2. The third kappa shape index (κ3) is 5.10. The largest absolute Gasteiger partial charge is 0.463 e. The van der Waals surface area contributed by atoms with Gasteiger partial charge in [-0.25, -0.2) is 14.4 Å². The van der Waals surface area contributed by atoms with Gasteiger partial charge in [0.05, 0.1) is 40.2 Å². The standard InChI is InChI=1S/C21H19Cl2N3O5/c1-2-30-20(28)16-15(25-21(29)26-18(16)11-6-4-3-5-7-11)10-31-19(27)13-8-12(22)9-14(23)17(13)24/h3-9,18H,2,10,24H2,1H3,(H2,25,26,29). The highest BCUT2D eigenvalue weighted by Crippen LogP contribution is 2.30.